The molecule has 0 amide bonds. The van der Waals surface area contributed by atoms with Gasteiger partial charge in [0.1, 0.15) is 12.1 Å². The molecule has 1 aromatic carbocycles. The van der Waals surface area contributed by atoms with Gasteiger partial charge in [0, 0.05) is 31.6 Å². The molecule has 0 saturated carbocycles. The topological polar surface area (TPSA) is 52.0 Å². The van der Waals surface area contributed by atoms with Gasteiger partial charge in [0.2, 0.25) is 0 Å². The van der Waals surface area contributed by atoms with Crippen molar-refractivity contribution in [1.29, 1.82) is 0 Å². The number of aromatic nitrogens is 3. The molecule has 1 atom stereocenters. The standard InChI is InChI=1S/C15H22N4O/c1-4-13(12-7-5-6-8-14(12)20-3)16-10-9-15-17-11-19(2)18-15/h5-8,11,13,16H,4,9-10H2,1-3H3. The Balaban J connectivity index is 1.95. The SMILES string of the molecule is CCC(NCCc1ncn(C)n1)c1ccccc1OC. The van der Waals surface area contributed by atoms with Crippen LogP contribution in [0.25, 0.3) is 0 Å². The fourth-order valence-corrected chi connectivity index (χ4v) is 2.29. The van der Waals surface area contributed by atoms with Gasteiger partial charge in [0.05, 0.1) is 7.11 Å². The molecule has 1 N–H and O–H groups in total. The molecule has 0 saturated heterocycles. The van der Waals surface area contributed by atoms with E-state index in [1.54, 1.807) is 18.1 Å². The van der Waals surface area contributed by atoms with Crippen molar-refractivity contribution in [2.75, 3.05) is 13.7 Å². The minimum atomic E-state index is 0.287. The molecule has 0 radical (unpaired) electrons. The molecule has 0 aliphatic carbocycles. The summed E-state index contributed by atoms with van der Waals surface area (Å²) in [6.07, 6.45) is 3.56. The van der Waals surface area contributed by atoms with Crippen LogP contribution in [0.5, 0.6) is 5.75 Å². The van der Waals surface area contributed by atoms with Crippen molar-refractivity contribution < 1.29 is 4.74 Å². The summed E-state index contributed by atoms with van der Waals surface area (Å²) in [6, 6.07) is 8.43. The van der Waals surface area contributed by atoms with Crippen LogP contribution in [0.15, 0.2) is 30.6 Å². The Kier molecular flexibility index (Phi) is 5.12. The molecule has 1 heterocycles. The van der Waals surface area contributed by atoms with E-state index in [1.807, 2.05) is 25.2 Å². The smallest absolute Gasteiger partial charge is 0.151 e. The van der Waals surface area contributed by atoms with E-state index in [1.165, 1.54) is 5.56 Å². The first kappa shape index (κ1) is 14.5. The van der Waals surface area contributed by atoms with Crippen molar-refractivity contribution in [2.45, 2.75) is 25.8 Å². The Labute approximate surface area is 120 Å². The van der Waals surface area contributed by atoms with Crippen LogP contribution in [-0.2, 0) is 13.5 Å². The number of nitrogens with one attached hydrogen (secondary N) is 1. The Bertz CT molecular complexity index is 538. The summed E-state index contributed by atoms with van der Waals surface area (Å²) < 4.78 is 7.16. The first-order valence-electron chi connectivity index (χ1n) is 6.95. The lowest BCUT2D eigenvalue weighted by Gasteiger charge is -2.19. The molecular weight excluding hydrogens is 252 g/mol. The second-order valence-electron chi connectivity index (χ2n) is 4.74. The summed E-state index contributed by atoms with van der Waals surface area (Å²) in [5.41, 5.74) is 1.20. The second-order valence-corrected chi connectivity index (χ2v) is 4.74. The molecule has 2 aromatic rings. The molecule has 0 aliphatic heterocycles. The van der Waals surface area contributed by atoms with Gasteiger partial charge in [-0.05, 0) is 12.5 Å². The lowest BCUT2D eigenvalue weighted by molar-refractivity contribution is 0.397. The summed E-state index contributed by atoms with van der Waals surface area (Å²) in [6.45, 7) is 3.02. The van der Waals surface area contributed by atoms with Crippen LogP contribution in [-0.4, -0.2) is 28.4 Å². The Morgan fingerprint density at radius 1 is 1.35 bits per heavy atom. The highest BCUT2D eigenvalue weighted by molar-refractivity contribution is 5.35. The lowest BCUT2D eigenvalue weighted by atomic mass is 10.0. The van der Waals surface area contributed by atoms with E-state index in [4.69, 9.17) is 4.74 Å². The van der Waals surface area contributed by atoms with Crippen LogP contribution >= 0.6 is 0 Å². The van der Waals surface area contributed by atoms with Gasteiger partial charge in [-0.25, -0.2) is 4.98 Å². The minimum Gasteiger partial charge on any atom is -0.496 e. The maximum atomic E-state index is 5.43. The zero-order valence-corrected chi connectivity index (χ0v) is 12.3. The Morgan fingerprint density at radius 3 is 2.80 bits per heavy atom. The van der Waals surface area contributed by atoms with E-state index in [0.29, 0.717) is 0 Å². The number of rotatable bonds is 7. The van der Waals surface area contributed by atoms with Gasteiger partial charge in [-0.2, -0.15) is 5.10 Å². The molecule has 2 rings (SSSR count). The van der Waals surface area contributed by atoms with Crippen molar-refractivity contribution >= 4 is 0 Å². The molecule has 5 nitrogen and oxygen atoms in total. The van der Waals surface area contributed by atoms with Crippen molar-refractivity contribution in [1.82, 2.24) is 20.1 Å². The third-order valence-electron chi connectivity index (χ3n) is 3.31. The lowest BCUT2D eigenvalue weighted by Crippen LogP contribution is -2.24. The van der Waals surface area contributed by atoms with Crippen LogP contribution in [0.1, 0.15) is 30.8 Å². The maximum absolute atomic E-state index is 5.43. The predicted octanol–water partition coefficient (Wildman–Crippen LogP) is 2.11. The van der Waals surface area contributed by atoms with Gasteiger partial charge in [-0.3, -0.25) is 4.68 Å². The number of methoxy groups -OCH3 is 1. The van der Waals surface area contributed by atoms with E-state index in [2.05, 4.69) is 28.4 Å². The predicted molar refractivity (Wildman–Crippen MR) is 78.7 cm³/mol. The highest BCUT2D eigenvalue weighted by Crippen LogP contribution is 2.26. The molecule has 5 heteroatoms. The average Bonchev–Trinajstić information content (AvgIpc) is 2.89. The van der Waals surface area contributed by atoms with E-state index >= 15 is 0 Å². The average molecular weight is 274 g/mol. The fourth-order valence-electron chi connectivity index (χ4n) is 2.29. The van der Waals surface area contributed by atoms with Crippen LogP contribution < -0.4 is 10.1 Å². The third kappa shape index (κ3) is 3.57. The summed E-state index contributed by atoms with van der Waals surface area (Å²) >= 11 is 0. The van der Waals surface area contributed by atoms with Gasteiger partial charge in [0.15, 0.2) is 5.82 Å². The van der Waals surface area contributed by atoms with Crippen molar-refractivity contribution in [3.05, 3.63) is 42.0 Å². The largest absolute Gasteiger partial charge is 0.496 e. The quantitative estimate of drug-likeness (QED) is 0.840. The summed E-state index contributed by atoms with van der Waals surface area (Å²) in [5.74, 6) is 1.80. The van der Waals surface area contributed by atoms with Gasteiger partial charge in [0.25, 0.3) is 0 Å². The number of ether oxygens (including phenoxy) is 1. The van der Waals surface area contributed by atoms with Crippen molar-refractivity contribution in [2.24, 2.45) is 7.05 Å². The van der Waals surface area contributed by atoms with Crippen molar-refractivity contribution in [3.8, 4) is 5.75 Å². The van der Waals surface area contributed by atoms with Crippen LogP contribution in [0.3, 0.4) is 0 Å². The minimum absolute atomic E-state index is 0.287. The molecule has 0 spiro atoms. The molecule has 20 heavy (non-hydrogen) atoms. The van der Waals surface area contributed by atoms with Gasteiger partial charge in [-0.1, -0.05) is 25.1 Å². The number of benzene rings is 1. The van der Waals surface area contributed by atoms with Crippen LogP contribution in [0.2, 0.25) is 0 Å². The zero-order valence-electron chi connectivity index (χ0n) is 12.3. The maximum Gasteiger partial charge on any atom is 0.151 e. The summed E-state index contributed by atoms with van der Waals surface area (Å²) in [7, 11) is 3.59. The number of nitrogens with zero attached hydrogens (tertiary/aromatic N) is 3. The molecule has 0 fully saturated rings. The normalized spacial score (nSPS) is 12.3. The second kappa shape index (κ2) is 7.05. The monoisotopic (exact) mass is 274 g/mol. The van der Waals surface area contributed by atoms with Crippen LogP contribution in [0.4, 0.5) is 0 Å². The molecule has 0 bridgehead atoms. The highest BCUT2D eigenvalue weighted by Gasteiger charge is 2.13. The van der Waals surface area contributed by atoms with E-state index in [9.17, 15) is 0 Å². The zero-order chi connectivity index (χ0) is 14.4. The first-order valence-corrected chi connectivity index (χ1v) is 6.95. The molecule has 1 unspecified atom stereocenters. The van der Waals surface area contributed by atoms with Gasteiger partial charge < -0.3 is 10.1 Å². The van der Waals surface area contributed by atoms with Crippen LogP contribution in [0, 0.1) is 0 Å². The Morgan fingerprint density at radius 2 is 2.15 bits per heavy atom. The van der Waals surface area contributed by atoms with Gasteiger partial charge in [-0.15, -0.1) is 0 Å². The number of hydrogen-bond acceptors (Lipinski definition) is 4. The third-order valence-corrected chi connectivity index (χ3v) is 3.31. The molecule has 108 valence electrons. The van der Waals surface area contributed by atoms with E-state index in [-0.39, 0.29) is 6.04 Å². The molecular formula is C15H22N4O. The molecule has 1 aromatic heterocycles. The highest BCUT2D eigenvalue weighted by atomic mass is 16.5. The summed E-state index contributed by atoms with van der Waals surface area (Å²) in [4.78, 5) is 4.23. The number of hydrogen-bond donors (Lipinski definition) is 1. The van der Waals surface area contributed by atoms with Crippen molar-refractivity contribution in [3.63, 3.8) is 0 Å². The number of para-hydroxylation sites is 1. The fraction of sp³-hybridized carbons (Fsp3) is 0.467. The van der Waals surface area contributed by atoms with E-state index < -0.39 is 0 Å². The summed E-state index contributed by atoms with van der Waals surface area (Å²) in [5, 5.41) is 7.83. The first-order chi connectivity index (χ1) is 9.74. The number of aryl methyl sites for hydroxylation is 1. The van der Waals surface area contributed by atoms with E-state index in [0.717, 1.165) is 31.0 Å². The van der Waals surface area contributed by atoms with Gasteiger partial charge >= 0.3 is 0 Å². The molecule has 0 aliphatic rings. The Hall–Kier alpha value is -1.88.